The maximum atomic E-state index is 13.3. The molecule has 1 aromatic heterocycles. The van der Waals surface area contributed by atoms with Crippen molar-refractivity contribution >= 4 is 45.5 Å². The number of carbonyl (C=O) groups excluding carboxylic acids is 1. The van der Waals surface area contributed by atoms with Crippen LogP contribution in [0.2, 0.25) is 0 Å². The third-order valence-corrected chi connectivity index (χ3v) is 6.32. The molecule has 0 saturated carbocycles. The Balaban J connectivity index is 1.73. The van der Waals surface area contributed by atoms with Crippen molar-refractivity contribution in [2.24, 2.45) is 4.99 Å². The minimum Gasteiger partial charge on any atom is -0.343 e. The zero-order valence-corrected chi connectivity index (χ0v) is 18.9. The number of unbranched alkanes of at least 4 members (excludes halogenated alkanes) is 1. The van der Waals surface area contributed by atoms with Gasteiger partial charge in [-0.15, -0.1) is 6.58 Å². The normalized spacial score (nSPS) is 16.7. The summed E-state index contributed by atoms with van der Waals surface area (Å²) < 4.78 is 2.16. The first-order chi connectivity index (χ1) is 15.1. The molecule has 0 atom stereocenters. The number of thioether (sulfide) groups is 1. The molecule has 1 saturated heterocycles. The Morgan fingerprint density at radius 3 is 2.65 bits per heavy atom. The zero-order valence-electron chi connectivity index (χ0n) is 18.0. The number of benzene rings is 2. The van der Waals surface area contributed by atoms with Gasteiger partial charge in [0.25, 0.3) is 5.91 Å². The second-order valence-electron chi connectivity index (χ2n) is 7.69. The van der Waals surface area contributed by atoms with Crippen molar-refractivity contribution in [1.29, 1.82) is 0 Å². The highest BCUT2D eigenvalue weighted by Crippen LogP contribution is 2.36. The molecular weight excluding hydrogens is 402 g/mol. The first-order valence-corrected chi connectivity index (χ1v) is 11.5. The van der Waals surface area contributed by atoms with Gasteiger partial charge in [-0.1, -0.05) is 55.3 Å². The van der Waals surface area contributed by atoms with Crippen molar-refractivity contribution in [1.82, 2.24) is 9.47 Å². The van der Waals surface area contributed by atoms with Crippen molar-refractivity contribution in [2.75, 3.05) is 6.54 Å². The smallest absolute Gasteiger partial charge is 0.266 e. The van der Waals surface area contributed by atoms with E-state index in [9.17, 15) is 4.79 Å². The van der Waals surface area contributed by atoms with E-state index in [1.54, 1.807) is 0 Å². The quantitative estimate of drug-likeness (QED) is 0.316. The molecule has 0 N–H and O–H groups in total. The van der Waals surface area contributed by atoms with Gasteiger partial charge in [-0.25, -0.2) is 4.99 Å². The van der Waals surface area contributed by atoms with Crippen LogP contribution in [0.1, 0.15) is 30.9 Å². The highest BCUT2D eigenvalue weighted by atomic mass is 32.2. The number of amidine groups is 1. The Labute approximate surface area is 188 Å². The van der Waals surface area contributed by atoms with Crippen LogP contribution in [0, 0.1) is 6.92 Å². The van der Waals surface area contributed by atoms with E-state index in [2.05, 4.69) is 43.3 Å². The summed E-state index contributed by atoms with van der Waals surface area (Å²) in [5.74, 6) is 0.0323. The van der Waals surface area contributed by atoms with E-state index in [1.165, 1.54) is 17.3 Å². The molecule has 31 heavy (non-hydrogen) atoms. The van der Waals surface area contributed by atoms with Crippen LogP contribution in [-0.2, 0) is 11.3 Å². The lowest BCUT2D eigenvalue weighted by molar-refractivity contribution is -0.122. The molecule has 0 spiro atoms. The molecule has 4 nitrogen and oxygen atoms in total. The van der Waals surface area contributed by atoms with Gasteiger partial charge < -0.3 is 4.57 Å². The predicted molar refractivity (Wildman–Crippen MR) is 133 cm³/mol. The fourth-order valence-corrected chi connectivity index (χ4v) is 4.67. The zero-order chi connectivity index (χ0) is 21.8. The monoisotopic (exact) mass is 429 g/mol. The Morgan fingerprint density at radius 1 is 1.13 bits per heavy atom. The van der Waals surface area contributed by atoms with Gasteiger partial charge in [-0.05, 0) is 49.4 Å². The van der Waals surface area contributed by atoms with Gasteiger partial charge in [-0.3, -0.25) is 9.69 Å². The van der Waals surface area contributed by atoms with Crippen LogP contribution in [0.15, 0.2) is 77.3 Å². The van der Waals surface area contributed by atoms with Crippen molar-refractivity contribution in [3.8, 4) is 0 Å². The van der Waals surface area contributed by atoms with Crippen LogP contribution in [0.3, 0.4) is 0 Å². The topological polar surface area (TPSA) is 37.6 Å². The fourth-order valence-electron chi connectivity index (χ4n) is 3.66. The molecule has 3 aromatic rings. The molecule has 1 aliphatic rings. The first-order valence-electron chi connectivity index (χ1n) is 10.7. The summed E-state index contributed by atoms with van der Waals surface area (Å²) in [6, 6.07) is 16.3. The summed E-state index contributed by atoms with van der Waals surface area (Å²) in [5.41, 5.74) is 4.24. The fraction of sp³-hybridized carbons (Fsp3) is 0.231. The van der Waals surface area contributed by atoms with E-state index in [1.807, 2.05) is 53.5 Å². The number of amides is 1. The molecule has 158 valence electrons. The summed E-state index contributed by atoms with van der Waals surface area (Å²) in [5, 5.41) is 1.89. The maximum absolute atomic E-state index is 13.3. The molecule has 0 bridgehead atoms. The number of nitrogens with zero attached hydrogens (tertiary/aromatic N) is 3. The van der Waals surface area contributed by atoms with Gasteiger partial charge >= 0.3 is 0 Å². The number of aliphatic imine (C=N–C) groups is 1. The Bertz CT molecular complexity index is 1170. The Kier molecular flexibility index (Phi) is 6.42. The van der Waals surface area contributed by atoms with Gasteiger partial charge in [0.15, 0.2) is 5.17 Å². The van der Waals surface area contributed by atoms with Gasteiger partial charge in [-0.2, -0.15) is 0 Å². The highest BCUT2D eigenvalue weighted by molar-refractivity contribution is 8.18. The van der Waals surface area contributed by atoms with Crippen molar-refractivity contribution < 1.29 is 4.79 Å². The number of rotatable bonds is 7. The predicted octanol–water partition coefficient (Wildman–Crippen LogP) is 6.54. The standard InChI is InChI=1S/C26H27N3OS/c1-4-6-16-29-25(30)24(31-26(29)27-21-13-11-19(3)12-14-21)17-20-18-28(15-5-2)23-10-8-7-9-22(20)23/h5,7-14,17-18H,2,4,6,15-16H2,1,3H3/b24-17+,27-26?. The van der Waals surface area contributed by atoms with E-state index < -0.39 is 0 Å². The van der Waals surface area contributed by atoms with Crippen LogP contribution < -0.4 is 0 Å². The number of allylic oxidation sites excluding steroid dienone is 1. The highest BCUT2D eigenvalue weighted by Gasteiger charge is 2.33. The number of aryl methyl sites for hydroxylation is 1. The van der Waals surface area contributed by atoms with Gasteiger partial charge in [0.05, 0.1) is 10.6 Å². The molecular formula is C26H27N3OS. The SMILES string of the molecule is C=CCn1cc(/C=C2/SC(=Nc3ccc(C)cc3)N(CCCC)C2=O)c2ccccc21. The summed E-state index contributed by atoms with van der Waals surface area (Å²) >= 11 is 1.46. The number of aromatic nitrogens is 1. The number of hydrogen-bond donors (Lipinski definition) is 0. The lowest BCUT2D eigenvalue weighted by Crippen LogP contribution is -2.30. The summed E-state index contributed by atoms with van der Waals surface area (Å²) in [4.78, 5) is 20.6. The van der Waals surface area contributed by atoms with E-state index in [-0.39, 0.29) is 5.91 Å². The number of carbonyl (C=O) groups is 1. The van der Waals surface area contributed by atoms with E-state index in [0.29, 0.717) is 11.4 Å². The molecule has 0 unspecified atom stereocenters. The molecule has 2 aromatic carbocycles. The summed E-state index contributed by atoms with van der Waals surface area (Å²) in [6.45, 7) is 9.47. The third-order valence-electron chi connectivity index (χ3n) is 5.31. The van der Waals surface area contributed by atoms with Crippen LogP contribution in [-0.4, -0.2) is 27.1 Å². The van der Waals surface area contributed by atoms with E-state index >= 15 is 0 Å². The molecule has 0 aliphatic carbocycles. The van der Waals surface area contributed by atoms with Gasteiger partial charge in [0.1, 0.15) is 0 Å². The number of fused-ring (bicyclic) bond motifs is 1. The Hall–Kier alpha value is -3.05. The minimum atomic E-state index is 0.0323. The average molecular weight is 430 g/mol. The van der Waals surface area contributed by atoms with Gasteiger partial charge in [0.2, 0.25) is 0 Å². The lowest BCUT2D eigenvalue weighted by atomic mass is 10.1. The van der Waals surface area contributed by atoms with Gasteiger partial charge in [0, 0.05) is 35.8 Å². The molecule has 1 amide bonds. The Morgan fingerprint density at radius 2 is 1.90 bits per heavy atom. The summed E-state index contributed by atoms with van der Waals surface area (Å²) in [7, 11) is 0. The van der Waals surface area contributed by atoms with Crippen molar-refractivity contribution in [3.05, 3.63) is 83.4 Å². The average Bonchev–Trinajstić information content (AvgIpc) is 3.26. The van der Waals surface area contributed by atoms with Crippen LogP contribution in [0.25, 0.3) is 17.0 Å². The number of hydrogen-bond acceptors (Lipinski definition) is 3. The minimum absolute atomic E-state index is 0.0323. The molecule has 0 radical (unpaired) electrons. The number of para-hydroxylation sites is 1. The van der Waals surface area contributed by atoms with Crippen molar-refractivity contribution in [2.45, 2.75) is 33.2 Å². The third kappa shape index (κ3) is 4.52. The molecule has 1 aliphatic heterocycles. The molecule has 4 rings (SSSR count). The largest absolute Gasteiger partial charge is 0.343 e. The summed E-state index contributed by atoms with van der Waals surface area (Å²) in [6.07, 6.45) is 7.97. The molecule has 1 fully saturated rings. The lowest BCUT2D eigenvalue weighted by Gasteiger charge is -2.14. The second-order valence-corrected chi connectivity index (χ2v) is 8.70. The molecule has 2 heterocycles. The second kappa shape index (κ2) is 9.40. The van der Waals surface area contributed by atoms with Crippen molar-refractivity contribution in [3.63, 3.8) is 0 Å². The van der Waals surface area contributed by atoms with Crippen LogP contribution in [0.5, 0.6) is 0 Å². The van der Waals surface area contributed by atoms with E-state index in [0.717, 1.165) is 46.7 Å². The first kappa shape index (κ1) is 21.2. The maximum Gasteiger partial charge on any atom is 0.266 e. The van der Waals surface area contributed by atoms with E-state index in [4.69, 9.17) is 4.99 Å². The molecule has 5 heteroatoms. The van der Waals surface area contributed by atoms with Crippen LogP contribution >= 0.6 is 11.8 Å². The van der Waals surface area contributed by atoms with Crippen LogP contribution in [0.4, 0.5) is 5.69 Å².